The molecule has 1 aliphatic heterocycles. The van der Waals surface area contributed by atoms with E-state index >= 15 is 0 Å². The number of nitrogens with zero attached hydrogens (tertiary/aromatic N) is 4. The van der Waals surface area contributed by atoms with E-state index in [4.69, 9.17) is 17.3 Å². The second-order valence-electron chi connectivity index (χ2n) is 4.97. The molecule has 0 aliphatic carbocycles. The van der Waals surface area contributed by atoms with E-state index in [1.807, 2.05) is 24.3 Å². The van der Waals surface area contributed by atoms with Crippen LogP contribution >= 0.6 is 11.6 Å². The molecule has 0 radical (unpaired) electrons. The van der Waals surface area contributed by atoms with Gasteiger partial charge in [0.1, 0.15) is 0 Å². The van der Waals surface area contributed by atoms with Crippen molar-refractivity contribution < 1.29 is 0 Å². The molecule has 1 fully saturated rings. The summed E-state index contributed by atoms with van der Waals surface area (Å²) < 4.78 is 0. The molecule has 110 valence electrons. The molecule has 0 saturated carbocycles. The van der Waals surface area contributed by atoms with Gasteiger partial charge in [-0.15, -0.1) is 0 Å². The van der Waals surface area contributed by atoms with Crippen LogP contribution in [-0.2, 0) is 6.54 Å². The lowest BCUT2D eigenvalue weighted by Crippen LogP contribution is -2.47. The highest BCUT2D eigenvalue weighted by Gasteiger charge is 2.22. The van der Waals surface area contributed by atoms with Crippen LogP contribution in [0, 0.1) is 0 Å². The lowest BCUT2D eigenvalue weighted by atomic mass is 10.1. The van der Waals surface area contributed by atoms with E-state index in [1.54, 1.807) is 12.4 Å². The van der Waals surface area contributed by atoms with Gasteiger partial charge in [-0.2, -0.15) is 0 Å². The van der Waals surface area contributed by atoms with Crippen molar-refractivity contribution in [2.75, 3.05) is 36.0 Å². The summed E-state index contributed by atoms with van der Waals surface area (Å²) in [5.41, 5.74) is 7.98. The number of piperazine rings is 1. The Balaban J connectivity index is 1.75. The lowest BCUT2D eigenvalue weighted by Gasteiger charge is -2.37. The molecule has 0 bridgehead atoms. The number of rotatable bonds is 3. The Hall–Kier alpha value is -1.85. The van der Waals surface area contributed by atoms with Gasteiger partial charge in [0, 0.05) is 45.1 Å². The molecule has 1 saturated heterocycles. The molecule has 1 aromatic heterocycles. The zero-order valence-electron chi connectivity index (χ0n) is 11.7. The Morgan fingerprint density at radius 3 is 2.33 bits per heavy atom. The summed E-state index contributed by atoms with van der Waals surface area (Å²) >= 11 is 6.36. The Labute approximate surface area is 129 Å². The van der Waals surface area contributed by atoms with Crippen LogP contribution in [0.5, 0.6) is 0 Å². The first-order valence-corrected chi connectivity index (χ1v) is 7.42. The molecule has 6 heteroatoms. The van der Waals surface area contributed by atoms with Crippen LogP contribution < -0.4 is 15.5 Å². The average molecular weight is 304 g/mol. The van der Waals surface area contributed by atoms with E-state index < -0.39 is 0 Å². The summed E-state index contributed by atoms with van der Waals surface area (Å²) in [5.74, 6) is 0.787. The first-order valence-electron chi connectivity index (χ1n) is 7.04. The van der Waals surface area contributed by atoms with Gasteiger partial charge < -0.3 is 15.5 Å². The highest BCUT2D eigenvalue weighted by molar-refractivity contribution is 6.33. The molecular weight excluding hydrogens is 286 g/mol. The minimum atomic E-state index is 0.498. The summed E-state index contributed by atoms with van der Waals surface area (Å²) in [6, 6.07) is 7.73. The fourth-order valence-corrected chi connectivity index (χ4v) is 2.98. The number of anilines is 2. The maximum atomic E-state index is 6.36. The van der Waals surface area contributed by atoms with Gasteiger partial charge in [-0.1, -0.05) is 23.7 Å². The zero-order valence-corrected chi connectivity index (χ0v) is 12.5. The van der Waals surface area contributed by atoms with E-state index in [2.05, 4.69) is 19.8 Å². The van der Waals surface area contributed by atoms with Crippen molar-refractivity contribution in [2.24, 2.45) is 5.73 Å². The van der Waals surface area contributed by atoms with Crippen molar-refractivity contribution in [1.82, 2.24) is 9.97 Å². The predicted octanol–water partition coefficient (Wildman–Crippen LogP) is 1.92. The van der Waals surface area contributed by atoms with Crippen LogP contribution in [0.25, 0.3) is 0 Å². The SMILES string of the molecule is NCc1cccc(Cl)c1N1CCN(c2ncccn2)CC1. The number of hydrogen-bond acceptors (Lipinski definition) is 5. The van der Waals surface area contributed by atoms with E-state index in [1.165, 1.54) is 0 Å². The maximum absolute atomic E-state index is 6.36. The van der Waals surface area contributed by atoms with Crippen LogP contribution in [0.3, 0.4) is 0 Å². The molecule has 2 aromatic rings. The molecule has 2 N–H and O–H groups in total. The highest BCUT2D eigenvalue weighted by atomic mass is 35.5. The second kappa shape index (κ2) is 6.28. The van der Waals surface area contributed by atoms with Crippen LogP contribution in [0.4, 0.5) is 11.6 Å². The van der Waals surface area contributed by atoms with Crippen LogP contribution in [-0.4, -0.2) is 36.1 Å². The summed E-state index contributed by atoms with van der Waals surface area (Å²) in [5, 5.41) is 0.766. The Morgan fingerprint density at radius 1 is 1.00 bits per heavy atom. The minimum absolute atomic E-state index is 0.498. The topological polar surface area (TPSA) is 58.3 Å². The number of para-hydroxylation sites is 1. The molecule has 1 aliphatic rings. The molecule has 5 nitrogen and oxygen atoms in total. The molecule has 1 aromatic carbocycles. The summed E-state index contributed by atoms with van der Waals surface area (Å²) in [7, 11) is 0. The molecule has 0 atom stereocenters. The van der Waals surface area contributed by atoms with Crippen LogP contribution in [0.2, 0.25) is 5.02 Å². The van der Waals surface area contributed by atoms with Crippen molar-refractivity contribution in [3.05, 3.63) is 47.2 Å². The molecule has 3 rings (SSSR count). The normalized spacial score (nSPS) is 15.3. The smallest absolute Gasteiger partial charge is 0.225 e. The number of benzene rings is 1. The van der Waals surface area contributed by atoms with Gasteiger partial charge in [-0.3, -0.25) is 0 Å². The number of aromatic nitrogens is 2. The van der Waals surface area contributed by atoms with Crippen molar-refractivity contribution in [1.29, 1.82) is 0 Å². The summed E-state index contributed by atoms with van der Waals surface area (Å²) in [4.78, 5) is 13.1. The van der Waals surface area contributed by atoms with Crippen LogP contribution in [0.15, 0.2) is 36.7 Å². The van der Waals surface area contributed by atoms with Crippen molar-refractivity contribution in [3.8, 4) is 0 Å². The Morgan fingerprint density at radius 2 is 1.67 bits per heavy atom. The predicted molar refractivity (Wildman–Crippen MR) is 85.8 cm³/mol. The Kier molecular flexibility index (Phi) is 4.22. The van der Waals surface area contributed by atoms with Gasteiger partial charge in [-0.05, 0) is 17.7 Å². The van der Waals surface area contributed by atoms with Gasteiger partial charge >= 0.3 is 0 Å². The first kappa shape index (κ1) is 14.1. The van der Waals surface area contributed by atoms with Gasteiger partial charge in [0.15, 0.2) is 0 Å². The fourth-order valence-electron chi connectivity index (χ4n) is 2.66. The fraction of sp³-hybridized carbons (Fsp3) is 0.333. The lowest BCUT2D eigenvalue weighted by molar-refractivity contribution is 0.638. The third kappa shape index (κ3) is 2.94. The van der Waals surface area contributed by atoms with Gasteiger partial charge in [0.25, 0.3) is 0 Å². The van der Waals surface area contributed by atoms with Gasteiger partial charge in [0.2, 0.25) is 5.95 Å². The molecule has 0 spiro atoms. The van der Waals surface area contributed by atoms with E-state index in [0.717, 1.165) is 48.4 Å². The van der Waals surface area contributed by atoms with Crippen molar-refractivity contribution >= 4 is 23.2 Å². The quantitative estimate of drug-likeness (QED) is 0.939. The maximum Gasteiger partial charge on any atom is 0.225 e. The highest BCUT2D eigenvalue weighted by Crippen LogP contribution is 2.30. The van der Waals surface area contributed by atoms with Crippen LogP contribution in [0.1, 0.15) is 5.56 Å². The molecule has 21 heavy (non-hydrogen) atoms. The molecule has 0 unspecified atom stereocenters. The van der Waals surface area contributed by atoms with E-state index in [9.17, 15) is 0 Å². The van der Waals surface area contributed by atoms with Gasteiger partial charge in [0.05, 0.1) is 10.7 Å². The number of nitrogens with two attached hydrogens (primary N) is 1. The molecular formula is C15H18ClN5. The third-order valence-corrected chi connectivity index (χ3v) is 4.03. The average Bonchev–Trinajstić information content (AvgIpc) is 2.55. The van der Waals surface area contributed by atoms with Crippen molar-refractivity contribution in [2.45, 2.75) is 6.54 Å². The third-order valence-electron chi connectivity index (χ3n) is 3.72. The first-order chi connectivity index (χ1) is 10.3. The van der Waals surface area contributed by atoms with E-state index in [-0.39, 0.29) is 0 Å². The van der Waals surface area contributed by atoms with Gasteiger partial charge in [-0.25, -0.2) is 9.97 Å². The standard InChI is InChI=1S/C15H18ClN5/c16-13-4-1-3-12(11-17)14(13)20-7-9-21(10-8-20)15-18-5-2-6-19-15/h1-6H,7-11,17H2. The minimum Gasteiger partial charge on any atom is -0.367 e. The van der Waals surface area contributed by atoms with E-state index in [0.29, 0.717) is 6.54 Å². The van der Waals surface area contributed by atoms with Crippen molar-refractivity contribution in [3.63, 3.8) is 0 Å². The largest absolute Gasteiger partial charge is 0.367 e. The monoisotopic (exact) mass is 303 g/mol. The number of hydrogen-bond donors (Lipinski definition) is 1. The molecule has 0 amide bonds. The molecule has 2 heterocycles. The summed E-state index contributed by atoms with van der Waals surface area (Å²) in [6.07, 6.45) is 3.55. The summed E-state index contributed by atoms with van der Waals surface area (Å²) in [6.45, 7) is 4.01. The number of halogens is 1. The Bertz CT molecular complexity index is 596. The zero-order chi connectivity index (χ0) is 14.7. The second-order valence-corrected chi connectivity index (χ2v) is 5.38.